The van der Waals surface area contributed by atoms with Gasteiger partial charge in [-0.05, 0) is 29.1 Å². The number of nitrogens with zero attached hydrogens (tertiary/aromatic N) is 1. The van der Waals surface area contributed by atoms with Gasteiger partial charge in [0.2, 0.25) is 0 Å². The number of nitriles is 1. The third kappa shape index (κ3) is 2.64. The van der Waals surface area contributed by atoms with E-state index in [9.17, 15) is 10.1 Å². The van der Waals surface area contributed by atoms with Gasteiger partial charge in [0.05, 0.1) is 16.0 Å². The summed E-state index contributed by atoms with van der Waals surface area (Å²) in [4.78, 5) is 12.7. The average molecular weight is 341 g/mol. The Bertz CT molecular complexity index is 615. The number of hydrogen-bond donors (Lipinski definition) is 0. The van der Waals surface area contributed by atoms with Gasteiger partial charge in [0.15, 0.2) is 5.78 Å². The van der Waals surface area contributed by atoms with Crippen molar-refractivity contribution in [3.8, 4) is 6.07 Å². The van der Waals surface area contributed by atoms with Gasteiger partial charge < -0.3 is 0 Å². The van der Waals surface area contributed by atoms with Gasteiger partial charge >= 0.3 is 0 Å². The number of hydrogen-bond acceptors (Lipinski definition) is 3. The molecule has 1 heterocycles. The van der Waals surface area contributed by atoms with Gasteiger partial charge in [-0.2, -0.15) is 5.26 Å². The minimum atomic E-state index is -0.811. The topological polar surface area (TPSA) is 40.9 Å². The fourth-order valence-electron chi connectivity index (χ4n) is 1.54. The fraction of sp³-hybridized carbons (Fsp3) is 0.0769. The first kappa shape index (κ1) is 13.3. The monoisotopic (exact) mass is 339 g/mol. The second-order valence-electron chi connectivity index (χ2n) is 3.58. The summed E-state index contributed by atoms with van der Waals surface area (Å²) in [6, 6.07) is 10.8. The first-order chi connectivity index (χ1) is 8.63. The Balaban J connectivity index is 2.36. The first-order valence-electron chi connectivity index (χ1n) is 5.05. The van der Waals surface area contributed by atoms with Gasteiger partial charge in [-0.3, -0.25) is 4.79 Å². The Morgan fingerprint density at radius 3 is 2.50 bits per heavy atom. The molecule has 0 aliphatic rings. The Morgan fingerprint density at radius 2 is 2.00 bits per heavy atom. The molecule has 0 fully saturated rings. The molecule has 1 atom stereocenters. The molecular weight excluding hydrogens is 334 g/mol. The largest absolute Gasteiger partial charge is 0.291 e. The average Bonchev–Trinajstić information content (AvgIpc) is 2.78. The molecule has 1 aromatic carbocycles. The molecule has 0 saturated heterocycles. The third-order valence-electron chi connectivity index (χ3n) is 2.44. The predicted molar refractivity (Wildman–Crippen MR) is 76.2 cm³/mol. The van der Waals surface area contributed by atoms with Crippen LogP contribution < -0.4 is 0 Å². The summed E-state index contributed by atoms with van der Waals surface area (Å²) in [5, 5.41) is 11.3. The van der Waals surface area contributed by atoms with Crippen LogP contribution in [0.3, 0.4) is 0 Å². The lowest BCUT2D eigenvalue weighted by atomic mass is 9.95. The molecule has 2 aromatic rings. The molecule has 0 amide bonds. The summed E-state index contributed by atoms with van der Waals surface area (Å²) >= 11 is 10.5. The van der Waals surface area contributed by atoms with E-state index in [1.165, 1.54) is 11.3 Å². The highest BCUT2D eigenvalue weighted by molar-refractivity contribution is 9.10. The first-order valence-corrected chi connectivity index (χ1v) is 7.11. The van der Waals surface area contributed by atoms with Gasteiger partial charge in [0, 0.05) is 4.47 Å². The molecule has 2 rings (SSSR count). The van der Waals surface area contributed by atoms with Gasteiger partial charge in [-0.15, -0.1) is 11.3 Å². The fourth-order valence-corrected chi connectivity index (χ4v) is 2.92. The zero-order valence-electron chi connectivity index (χ0n) is 9.06. The number of halogens is 2. The Labute approximate surface area is 122 Å². The van der Waals surface area contributed by atoms with Crippen LogP contribution in [0.4, 0.5) is 0 Å². The van der Waals surface area contributed by atoms with Crippen molar-refractivity contribution >= 4 is 44.7 Å². The zero-order valence-corrected chi connectivity index (χ0v) is 12.2. The molecule has 18 heavy (non-hydrogen) atoms. The number of benzene rings is 1. The molecule has 0 saturated carbocycles. The van der Waals surface area contributed by atoms with Crippen molar-refractivity contribution in [3.05, 3.63) is 55.6 Å². The summed E-state index contributed by atoms with van der Waals surface area (Å²) in [6.07, 6.45) is 0. The second-order valence-corrected chi connectivity index (χ2v) is 5.81. The van der Waals surface area contributed by atoms with Crippen LogP contribution in [-0.4, -0.2) is 5.78 Å². The summed E-state index contributed by atoms with van der Waals surface area (Å²) in [7, 11) is 0. The van der Waals surface area contributed by atoms with E-state index < -0.39 is 5.92 Å². The normalized spacial score (nSPS) is 11.8. The lowest BCUT2D eigenvalue weighted by Gasteiger charge is -2.07. The van der Waals surface area contributed by atoms with Crippen LogP contribution in [-0.2, 0) is 0 Å². The molecule has 1 aromatic heterocycles. The highest BCUT2D eigenvalue weighted by atomic mass is 79.9. The minimum absolute atomic E-state index is 0.250. The molecule has 0 radical (unpaired) electrons. The molecule has 0 N–H and O–H groups in total. The van der Waals surface area contributed by atoms with Crippen LogP contribution >= 0.6 is 38.9 Å². The van der Waals surface area contributed by atoms with Crippen molar-refractivity contribution in [2.24, 2.45) is 0 Å². The summed E-state index contributed by atoms with van der Waals surface area (Å²) in [5.74, 6) is -1.06. The van der Waals surface area contributed by atoms with E-state index in [0.29, 0.717) is 15.5 Å². The number of carbonyl (C=O) groups excluding carboxylic acids is 1. The van der Waals surface area contributed by atoms with E-state index >= 15 is 0 Å². The summed E-state index contributed by atoms with van der Waals surface area (Å²) in [6.45, 7) is 0. The third-order valence-corrected chi connectivity index (χ3v) is 4.32. The Hall–Kier alpha value is -1.15. The highest BCUT2D eigenvalue weighted by Gasteiger charge is 2.24. The van der Waals surface area contributed by atoms with Gasteiger partial charge in [-0.1, -0.05) is 39.7 Å². The maximum atomic E-state index is 12.2. The van der Waals surface area contributed by atoms with E-state index in [4.69, 9.17) is 11.6 Å². The molecule has 90 valence electrons. The van der Waals surface area contributed by atoms with Crippen LogP contribution in [0.5, 0.6) is 0 Å². The molecule has 5 heteroatoms. The lowest BCUT2D eigenvalue weighted by molar-refractivity contribution is 0.0983. The van der Waals surface area contributed by atoms with Crippen molar-refractivity contribution in [3.63, 3.8) is 0 Å². The zero-order chi connectivity index (χ0) is 13.1. The van der Waals surface area contributed by atoms with E-state index in [2.05, 4.69) is 15.9 Å². The number of carbonyl (C=O) groups is 1. The van der Waals surface area contributed by atoms with Crippen LogP contribution in [0.25, 0.3) is 0 Å². The summed E-state index contributed by atoms with van der Waals surface area (Å²) in [5.41, 5.74) is 0.676. The van der Waals surface area contributed by atoms with Crippen LogP contribution in [0, 0.1) is 11.3 Å². The Morgan fingerprint density at radius 1 is 1.33 bits per heavy atom. The van der Waals surface area contributed by atoms with Crippen molar-refractivity contribution < 1.29 is 4.79 Å². The van der Waals surface area contributed by atoms with Gasteiger partial charge in [0.25, 0.3) is 0 Å². The standard InChI is InChI=1S/C13H7BrClNOS/c14-9-3-1-8(2-4-9)10(7-16)12(17)13-11(15)5-6-18-13/h1-6,10H. The highest BCUT2D eigenvalue weighted by Crippen LogP contribution is 2.29. The molecular formula is C13H7BrClNOS. The maximum absolute atomic E-state index is 12.2. The minimum Gasteiger partial charge on any atom is -0.291 e. The predicted octanol–water partition coefficient (Wildman–Crippen LogP) is 4.65. The van der Waals surface area contributed by atoms with Gasteiger partial charge in [0.1, 0.15) is 5.92 Å². The van der Waals surface area contributed by atoms with Crippen LogP contribution in [0.1, 0.15) is 21.2 Å². The number of thiophene rings is 1. The second kappa shape index (κ2) is 5.66. The summed E-state index contributed by atoms with van der Waals surface area (Å²) < 4.78 is 0.907. The van der Waals surface area contributed by atoms with Crippen LogP contribution in [0.2, 0.25) is 5.02 Å². The van der Waals surface area contributed by atoms with E-state index in [-0.39, 0.29) is 5.78 Å². The smallest absolute Gasteiger partial charge is 0.195 e. The molecule has 0 spiro atoms. The number of Topliss-reactive ketones (excluding diaryl/α,β-unsaturated/α-hetero) is 1. The van der Waals surface area contributed by atoms with Crippen molar-refractivity contribution in [2.75, 3.05) is 0 Å². The van der Waals surface area contributed by atoms with E-state index in [1.54, 1.807) is 23.6 Å². The van der Waals surface area contributed by atoms with E-state index in [0.717, 1.165) is 4.47 Å². The SMILES string of the molecule is N#CC(C(=O)c1sccc1Cl)c1ccc(Br)cc1. The number of ketones is 1. The van der Waals surface area contributed by atoms with Crippen molar-refractivity contribution in [2.45, 2.75) is 5.92 Å². The van der Waals surface area contributed by atoms with Gasteiger partial charge in [-0.25, -0.2) is 0 Å². The molecule has 1 unspecified atom stereocenters. The molecule has 2 nitrogen and oxygen atoms in total. The van der Waals surface area contributed by atoms with Crippen LogP contribution in [0.15, 0.2) is 40.2 Å². The molecule has 0 aliphatic carbocycles. The number of rotatable bonds is 3. The lowest BCUT2D eigenvalue weighted by Crippen LogP contribution is -2.10. The van der Waals surface area contributed by atoms with Crippen molar-refractivity contribution in [1.82, 2.24) is 0 Å². The Kier molecular flexibility index (Phi) is 4.18. The van der Waals surface area contributed by atoms with E-state index in [1.807, 2.05) is 18.2 Å². The quantitative estimate of drug-likeness (QED) is 0.763. The molecule has 0 bridgehead atoms. The van der Waals surface area contributed by atoms with Crippen molar-refractivity contribution in [1.29, 1.82) is 5.26 Å². The molecule has 0 aliphatic heterocycles. The maximum Gasteiger partial charge on any atom is 0.195 e.